The van der Waals surface area contributed by atoms with Gasteiger partial charge in [-0.1, -0.05) is 73.9 Å². The number of hydrogen-bond donors (Lipinski definition) is 1. The Morgan fingerprint density at radius 1 is 0.969 bits per heavy atom. The van der Waals surface area contributed by atoms with Crippen LogP contribution in [0.1, 0.15) is 43.2 Å². The number of benzene rings is 2. The number of hydrogen-bond acceptors (Lipinski definition) is 6. The Labute approximate surface area is 194 Å². The zero-order valence-electron chi connectivity index (χ0n) is 18.2. The van der Waals surface area contributed by atoms with E-state index in [1.54, 1.807) is 0 Å². The third-order valence-electron chi connectivity index (χ3n) is 6.07. The number of nitrogens with zero attached hydrogens (tertiary/aromatic N) is 2. The van der Waals surface area contributed by atoms with Crippen molar-refractivity contribution >= 4 is 23.7 Å². The Morgan fingerprint density at radius 3 is 2.66 bits per heavy atom. The van der Waals surface area contributed by atoms with Gasteiger partial charge in [0, 0.05) is 11.8 Å². The molecule has 2 aromatic carbocycles. The van der Waals surface area contributed by atoms with Gasteiger partial charge < -0.3 is 14.4 Å². The molecule has 166 valence electrons. The Balaban J connectivity index is 1.25. The van der Waals surface area contributed by atoms with Crippen LogP contribution in [0.5, 0.6) is 11.5 Å². The first kappa shape index (κ1) is 21.0. The molecule has 0 spiro atoms. The van der Waals surface area contributed by atoms with E-state index in [0.717, 1.165) is 28.7 Å². The normalized spacial score (nSPS) is 20.8. The van der Waals surface area contributed by atoms with Crippen LogP contribution in [-0.2, 0) is 5.75 Å². The molecule has 2 heterocycles. The first-order chi connectivity index (χ1) is 15.9. The van der Waals surface area contributed by atoms with E-state index in [1.165, 1.54) is 37.7 Å². The van der Waals surface area contributed by atoms with Crippen molar-refractivity contribution in [3.8, 4) is 11.5 Å². The number of hydrazone groups is 1. The fourth-order valence-corrected chi connectivity index (χ4v) is 5.53. The van der Waals surface area contributed by atoms with E-state index >= 15 is 0 Å². The van der Waals surface area contributed by atoms with Crippen LogP contribution in [0.3, 0.4) is 0 Å². The maximum atomic E-state index is 5.46. The lowest BCUT2D eigenvalue weighted by Crippen LogP contribution is -2.45. The van der Waals surface area contributed by atoms with Crippen molar-refractivity contribution in [1.29, 1.82) is 0 Å². The van der Waals surface area contributed by atoms with Gasteiger partial charge in [-0.25, -0.2) is 0 Å². The van der Waals surface area contributed by atoms with E-state index in [9.17, 15) is 0 Å². The molecule has 3 aliphatic rings. The highest BCUT2D eigenvalue weighted by Gasteiger charge is 2.33. The van der Waals surface area contributed by atoms with E-state index in [2.05, 4.69) is 65.0 Å². The van der Waals surface area contributed by atoms with Crippen molar-refractivity contribution in [2.45, 2.75) is 49.4 Å². The van der Waals surface area contributed by atoms with Gasteiger partial charge in [0.15, 0.2) is 22.8 Å². The Hall–Kier alpha value is -2.86. The fourth-order valence-electron chi connectivity index (χ4n) is 4.41. The molecule has 1 N–H and O–H groups in total. The Kier molecular flexibility index (Phi) is 6.68. The average Bonchev–Trinajstić information content (AvgIpc) is 3.48. The molecule has 6 heteroatoms. The van der Waals surface area contributed by atoms with Crippen molar-refractivity contribution in [2.24, 2.45) is 5.10 Å². The molecule has 1 saturated carbocycles. The molecule has 0 aromatic heterocycles. The fraction of sp³-hybridized carbons (Fsp3) is 0.346. The molecule has 0 amide bonds. The molecule has 1 unspecified atom stereocenters. The van der Waals surface area contributed by atoms with Gasteiger partial charge in [0.1, 0.15) is 0 Å². The summed E-state index contributed by atoms with van der Waals surface area (Å²) in [5.41, 5.74) is 5.99. The predicted molar refractivity (Wildman–Crippen MR) is 132 cm³/mol. The minimum Gasteiger partial charge on any atom is -0.454 e. The van der Waals surface area contributed by atoms with Gasteiger partial charge >= 0.3 is 0 Å². The standard InChI is InChI=1S/C26H29N3O2S/c1-3-10-21(11-4-1)18-32-26-28-27-25(29(26)22-12-5-2-6-13-22)14-8-7-9-20-15-16-23-24(17-20)31-19-30-23/h1,3-4,7-11,14-17,22,26,28H,2,5-6,12-13,18-19H2/b9-7+,14-8+. The SMILES string of the molecule is C(/C=C/c1ccc2c(c1)OCO2)=C\C1=NNC(SCc2ccccc2)N1C1CCCCC1. The number of ether oxygens (including phenoxy) is 2. The second kappa shape index (κ2) is 10.2. The van der Waals surface area contributed by atoms with Gasteiger partial charge in [-0.2, -0.15) is 5.10 Å². The minimum absolute atomic E-state index is 0.177. The zero-order chi connectivity index (χ0) is 21.6. The maximum absolute atomic E-state index is 5.46. The number of nitrogens with one attached hydrogen (secondary N) is 1. The molecule has 0 radical (unpaired) electrons. The molecule has 32 heavy (non-hydrogen) atoms. The monoisotopic (exact) mass is 447 g/mol. The van der Waals surface area contributed by atoms with Crippen molar-refractivity contribution < 1.29 is 9.47 Å². The van der Waals surface area contributed by atoms with Crippen molar-refractivity contribution in [2.75, 3.05) is 6.79 Å². The summed E-state index contributed by atoms with van der Waals surface area (Å²) in [6.07, 6.45) is 14.8. The average molecular weight is 448 g/mol. The van der Waals surface area contributed by atoms with Gasteiger partial charge in [-0.05, 0) is 42.2 Å². The smallest absolute Gasteiger partial charge is 0.231 e. The highest BCUT2D eigenvalue weighted by Crippen LogP contribution is 2.33. The lowest BCUT2D eigenvalue weighted by atomic mass is 9.94. The topological polar surface area (TPSA) is 46.1 Å². The van der Waals surface area contributed by atoms with Crippen LogP contribution in [0.15, 0.2) is 71.9 Å². The molecule has 1 atom stereocenters. The summed E-state index contributed by atoms with van der Waals surface area (Å²) in [4.78, 5) is 2.50. The maximum Gasteiger partial charge on any atom is 0.231 e. The lowest BCUT2D eigenvalue weighted by molar-refractivity contribution is 0.174. The molecule has 0 bridgehead atoms. The third-order valence-corrected chi connectivity index (χ3v) is 7.22. The molecule has 1 fully saturated rings. The zero-order valence-corrected chi connectivity index (χ0v) is 19.0. The first-order valence-corrected chi connectivity index (χ1v) is 12.4. The largest absolute Gasteiger partial charge is 0.454 e. The Morgan fingerprint density at radius 2 is 1.78 bits per heavy atom. The Bertz CT molecular complexity index is 999. The summed E-state index contributed by atoms with van der Waals surface area (Å²) in [6.45, 7) is 0.301. The van der Waals surface area contributed by atoms with Crippen LogP contribution in [0, 0.1) is 0 Å². The number of thioether (sulfide) groups is 1. The van der Waals surface area contributed by atoms with E-state index in [1.807, 2.05) is 30.0 Å². The highest BCUT2D eigenvalue weighted by molar-refractivity contribution is 7.99. The van der Waals surface area contributed by atoms with Gasteiger partial charge in [0.25, 0.3) is 0 Å². The molecular weight excluding hydrogens is 418 g/mol. The summed E-state index contributed by atoms with van der Waals surface area (Å²) < 4.78 is 10.8. The summed E-state index contributed by atoms with van der Waals surface area (Å²) in [5, 5.41) is 4.69. The van der Waals surface area contributed by atoms with Crippen molar-refractivity contribution in [3.05, 3.63) is 77.9 Å². The number of rotatable bonds is 7. The van der Waals surface area contributed by atoms with Crippen LogP contribution in [0.4, 0.5) is 0 Å². The van der Waals surface area contributed by atoms with E-state index in [-0.39, 0.29) is 5.50 Å². The van der Waals surface area contributed by atoms with Crippen LogP contribution >= 0.6 is 11.8 Å². The predicted octanol–water partition coefficient (Wildman–Crippen LogP) is 5.75. The summed E-state index contributed by atoms with van der Waals surface area (Å²) in [6, 6.07) is 17.2. The molecule has 0 saturated heterocycles. The third kappa shape index (κ3) is 4.96. The summed E-state index contributed by atoms with van der Waals surface area (Å²) in [5.74, 6) is 3.62. The molecule has 5 nitrogen and oxygen atoms in total. The van der Waals surface area contributed by atoms with Crippen LogP contribution < -0.4 is 14.9 Å². The lowest BCUT2D eigenvalue weighted by Gasteiger charge is -2.36. The number of allylic oxidation sites excluding steroid dienone is 2. The second-order valence-corrected chi connectivity index (χ2v) is 9.35. The molecule has 2 aromatic rings. The van der Waals surface area contributed by atoms with Gasteiger partial charge in [-0.15, -0.1) is 11.8 Å². The van der Waals surface area contributed by atoms with Gasteiger partial charge in [0.2, 0.25) is 6.79 Å². The summed E-state index contributed by atoms with van der Waals surface area (Å²) >= 11 is 1.91. The van der Waals surface area contributed by atoms with E-state index < -0.39 is 0 Å². The minimum atomic E-state index is 0.177. The second-order valence-electron chi connectivity index (χ2n) is 8.28. The van der Waals surface area contributed by atoms with E-state index in [0.29, 0.717) is 12.8 Å². The van der Waals surface area contributed by atoms with Crippen LogP contribution in [0.25, 0.3) is 6.08 Å². The highest BCUT2D eigenvalue weighted by atomic mass is 32.2. The first-order valence-electron chi connectivity index (χ1n) is 11.4. The van der Waals surface area contributed by atoms with Crippen LogP contribution in [-0.4, -0.2) is 29.1 Å². The quantitative estimate of drug-likeness (QED) is 0.547. The number of fused-ring (bicyclic) bond motifs is 1. The molecule has 2 aliphatic heterocycles. The number of amidine groups is 1. The molecule has 1 aliphatic carbocycles. The summed E-state index contributed by atoms with van der Waals surface area (Å²) in [7, 11) is 0. The van der Waals surface area contributed by atoms with Gasteiger partial charge in [0.05, 0.1) is 0 Å². The van der Waals surface area contributed by atoms with Crippen molar-refractivity contribution in [3.63, 3.8) is 0 Å². The van der Waals surface area contributed by atoms with Crippen LogP contribution in [0.2, 0.25) is 0 Å². The molecular formula is C26H29N3O2S. The molecule has 5 rings (SSSR count). The van der Waals surface area contributed by atoms with E-state index in [4.69, 9.17) is 14.6 Å². The van der Waals surface area contributed by atoms with Crippen molar-refractivity contribution in [1.82, 2.24) is 10.3 Å². The van der Waals surface area contributed by atoms with Gasteiger partial charge in [-0.3, -0.25) is 5.43 Å².